The number of ether oxygens (including phenoxy) is 2. The van der Waals surface area contributed by atoms with Gasteiger partial charge in [-0.15, -0.1) is 0 Å². The van der Waals surface area contributed by atoms with Crippen molar-refractivity contribution in [1.82, 2.24) is 0 Å². The van der Waals surface area contributed by atoms with Crippen LogP contribution in [0.25, 0.3) is 0 Å². The highest BCUT2D eigenvalue weighted by molar-refractivity contribution is 6.09. The third kappa shape index (κ3) is 4.59. The van der Waals surface area contributed by atoms with Crippen LogP contribution in [0, 0.1) is 0 Å². The predicted molar refractivity (Wildman–Crippen MR) is 96.7 cm³/mol. The highest BCUT2D eigenvalue weighted by Crippen LogP contribution is 2.19. The molecule has 0 unspecified atom stereocenters. The standard InChI is InChI=1S/C21H22O3/c1-4-6-7-18(5-2)24-20-14-10-17(11-15-20)21(22)16-8-12-19(23-3)13-9-16/h5-15H,4H2,1-3H3/b7-6-,18-5+. The van der Waals surface area contributed by atoms with E-state index in [9.17, 15) is 4.79 Å². The fraction of sp³-hybridized carbons (Fsp3) is 0.190. The summed E-state index contributed by atoms with van der Waals surface area (Å²) in [7, 11) is 1.60. The van der Waals surface area contributed by atoms with Gasteiger partial charge in [0.05, 0.1) is 7.11 Å². The van der Waals surface area contributed by atoms with Gasteiger partial charge in [0.25, 0.3) is 0 Å². The van der Waals surface area contributed by atoms with Crippen LogP contribution in [0.5, 0.6) is 11.5 Å². The minimum absolute atomic E-state index is 0.0265. The molecule has 0 fully saturated rings. The first-order valence-corrected chi connectivity index (χ1v) is 7.97. The molecular weight excluding hydrogens is 300 g/mol. The van der Waals surface area contributed by atoms with Gasteiger partial charge in [-0.1, -0.05) is 13.0 Å². The normalized spacial score (nSPS) is 11.5. The van der Waals surface area contributed by atoms with Crippen molar-refractivity contribution in [2.24, 2.45) is 0 Å². The van der Waals surface area contributed by atoms with Gasteiger partial charge in [0, 0.05) is 11.1 Å². The molecule has 2 aromatic rings. The van der Waals surface area contributed by atoms with Gasteiger partial charge >= 0.3 is 0 Å². The largest absolute Gasteiger partial charge is 0.497 e. The van der Waals surface area contributed by atoms with E-state index in [1.165, 1.54) is 0 Å². The third-order valence-corrected chi connectivity index (χ3v) is 3.51. The first kappa shape index (κ1) is 17.5. The molecular formula is C21H22O3. The lowest BCUT2D eigenvalue weighted by molar-refractivity contribution is 0.103. The molecule has 3 heteroatoms. The van der Waals surface area contributed by atoms with E-state index < -0.39 is 0 Å². The second-order valence-electron chi connectivity index (χ2n) is 5.19. The molecule has 124 valence electrons. The summed E-state index contributed by atoms with van der Waals surface area (Å²) >= 11 is 0. The summed E-state index contributed by atoms with van der Waals surface area (Å²) in [5.74, 6) is 2.19. The summed E-state index contributed by atoms with van der Waals surface area (Å²) in [5.41, 5.74) is 1.25. The van der Waals surface area contributed by atoms with Gasteiger partial charge in [-0.05, 0) is 74.0 Å². The summed E-state index contributed by atoms with van der Waals surface area (Å²) in [5, 5.41) is 0. The SMILES string of the molecule is C/C=C(\C=C/CC)Oc1ccc(C(=O)c2ccc(OC)cc2)cc1. The van der Waals surface area contributed by atoms with E-state index in [0.29, 0.717) is 16.9 Å². The zero-order valence-electron chi connectivity index (χ0n) is 14.3. The van der Waals surface area contributed by atoms with Crippen LogP contribution in [-0.2, 0) is 0 Å². The van der Waals surface area contributed by atoms with E-state index in [0.717, 1.165) is 17.9 Å². The van der Waals surface area contributed by atoms with Crippen LogP contribution in [0.3, 0.4) is 0 Å². The first-order chi connectivity index (χ1) is 11.7. The first-order valence-electron chi connectivity index (χ1n) is 7.97. The maximum absolute atomic E-state index is 12.5. The Bertz CT molecular complexity index is 723. The van der Waals surface area contributed by atoms with Gasteiger partial charge in [0.15, 0.2) is 5.78 Å². The van der Waals surface area contributed by atoms with Crippen molar-refractivity contribution < 1.29 is 14.3 Å². The highest BCUT2D eigenvalue weighted by Gasteiger charge is 2.09. The van der Waals surface area contributed by atoms with Gasteiger partial charge in [-0.2, -0.15) is 0 Å². The van der Waals surface area contributed by atoms with Crippen LogP contribution in [0.2, 0.25) is 0 Å². The zero-order valence-corrected chi connectivity index (χ0v) is 14.3. The van der Waals surface area contributed by atoms with E-state index in [2.05, 4.69) is 6.92 Å². The number of carbonyl (C=O) groups is 1. The van der Waals surface area contributed by atoms with E-state index in [4.69, 9.17) is 9.47 Å². The molecule has 0 aliphatic heterocycles. The monoisotopic (exact) mass is 322 g/mol. The lowest BCUT2D eigenvalue weighted by Crippen LogP contribution is -2.01. The Morgan fingerprint density at radius 1 is 0.958 bits per heavy atom. The lowest BCUT2D eigenvalue weighted by atomic mass is 10.0. The molecule has 2 rings (SSSR count). The Balaban J connectivity index is 2.10. The van der Waals surface area contributed by atoms with Gasteiger partial charge in [0.2, 0.25) is 0 Å². The molecule has 0 saturated heterocycles. The van der Waals surface area contributed by atoms with Gasteiger partial charge in [-0.3, -0.25) is 4.79 Å². The van der Waals surface area contributed by atoms with Crippen molar-refractivity contribution in [2.75, 3.05) is 7.11 Å². The maximum atomic E-state index is 12.5. The van der Waals surface area contributed by atoms with E-state index in [1.54, 1.807) is 55.6 Å². The number of rotatable bonds is 7. The molecule has 0 saturated carbocycles. The van der Waals surface area contributed by atoms with Gasteiger partial charge in [0.1, 0.15) is 17.3 Å². The van der Waals surface area contributed by atoms with Crippen molar-refractivity contribution in [3.05, 3.63) is 83.6 Å². The smallest absolute Gasteiger partial charge is 0.193 e. The molecule has 0 aliphatic carbocycles. The van der Waals surface area contributed by atoms with Crippen molar-refractivity contribution in [1.29, 1.82) is 0 Å². The summed E-state index contributed by atoms with van der Waals surface area (Å²) < 4.78 is 10.9. The minimum Gasteiger partial charge on any atom is -0.497 e. The summed E-state index contributed by atoms with van der Waals surface area (Å²) in [6.07, 6.45) is 6.84. The fourth-order valence-corrected chi connectivity index (χ4v) is 2.14. The van der Waals surface area contributed by atoms with Gasteiger partial charge in [-0.25, -0.2) is 0 Å². The van der Waals surface area contributed by atoms with Crippen molar-refractivity contribution in [3.63, 3.8) is 0 Å². The molecule has 0 amide bonds. The fourth-order valence-electron chi connectivity index (χ4n) is 2.14. The number of ketones is 1. The summed E-state index contributed by atoms with van der Waals surface area (Å²) in [6, 6.07) is 14.3. The lowest BCUT2D eigenvalue weighted by Gasteiger charge is -2.07. The average molecular weight is 322 g/mol. The second-order valence-corrected chi connectivity index (χ2v) is 5.19. The molecule has 0 spiro atoms. The summed E-state index contributed by atoms with van der Waals surface area (Å²) in [4.78, 5) is 12.5. The molecule has 0 aliphatic rings. The second kappa shape index (κ2) is 8.73. The molecule has 0 radical (unpaired) electrons. The number of hydrogen-bond acceptors (Lipinski definition) is 3. The topological polar surface area (TPSA) is 35.5 Å². The number of hydrogen-bond donors (Lipinski definition) is 0. The molecule has 2 aromatic carbocycles. The molecule has 0 aromatic heterocycles. The van der Waals surface area contributed by atoms with Crippen LogP contribution in [0.4, 0.5) is 0 Å². The third-order valence-electron chi connectivity index (χ3n) is 3.51. The Hall–Kier alpha value is -2.81. The molecule has 0 heterocycles. The van der Waals surface area contributed by atoms with E-state index >= 15 is 0 Å². The Morgan fingerprint density at radius 3 is 1.96 bits per heavy atom. The van der Waals surface area contributed by atoms with Crippen LogP contribution >= 0.6 is 0 Å². The minimum atomic E-state index is -0.0265. The highest BCUT2D eigenvalue weighted by atomic mass is 16.5. The maximum Gasteiger partial charge on any atom is 0.193 e. The Morgan fingerprint density at radius 2 is 1.50 bits per heavy atom. The van der Waals surface area contributed by atoms with Crippen molar-refractivity contribution >= 4 is 5.78 Å². The van der Waals surface area contributed by atoms with Crippen molar-refractivity contribution in [2.45, 2.75) is 20.3 Å². The van der Waals surface area contributed by atoms with Gasteiger partial charge < -0.3 is 9.47 Å². The number of methoxy groups -OCH3 is 1. The van der Waals surface area contributed by atoms with Crippen LogP contribution in [0.15, 0.2) is 72.5 Å². The van der Waals surface area contributed by atoms with Crippen LogP contribution in [-0.4, -0.2) is 12.9 Å². The molecule has 24 heavy (non-hydrogen) atoms. The zero-order chi connectivity index (χ0) is 17.4. The predicted octanol–water partition coefficient (Wildman–Crippen LogP) is 5.18. The number of allylic oxidation sites excluding steroid dienone is 3. The molecule has 0 bridgehead atoms. The van der Waals surface area contributed by atoms with E-state index in [-0.39, 0.29) is 5.78 Å². The number of carbonyl (C=O) groups excluding carboxylic acids is 1. The quantitative estimate of drug-likeness (QED) is 0.400. The molecule has 0 atom stereocenters. The number of benzene rings is 2. The average Bonchev–Trinajstić information content (AvgIpc) is 2.65. The summed E-state index contributed by atoms with van der Waals surface area (Å²) in [6.45, 7) is 4.00. The molecule has 3 nitrogen and oxygen atoms in total. The Labute approximate surface area is 143 Å². The van der Waals surface area contributed by atoms with E-state index in [1.807, 2.05) is 25.2 Å². The van der Waals surface area contributed by atoms with Crippen LogP contribution < -0.4 is 9.47 Å². The Kier molecular flexibility index (Phi) is 6.38. The molecule has 0 N–H and O–H groups in total. The van der Waals surface area contributed by atoms with Crippen molar-refractivity contribution in [3.8, 4) is 11.5 Å². The van der Waals surface area contributed by atoms with Crippen LogP contribution in [0.1, 0.15) is 36.2 Å².